The molecule has 2 atom stereocenters. The highest BCUT2D eigenvalue weighted by molar-refractivity contribution is 7.90. The van der Waals surface area contributed by atoms with Crippen molar-refractivity contribution in [2.24, 2.45) is 0 Å². The van der Waals surface area contributed by atoms with Gasteiger partial charge in [-0.1, -0.05) is 17.7 Å². The molecule has 1 aliphatic carbocycles. The van der Waals surface area contributed by atoms with Gasteiger partial charge in [-0.15, -0.1) is 0 Å². The molecular formula is C13H18ClNO2S. The summed E-state index contributed by atoms with van der Waals surface area (Å²) < 4.78 is 22.5. The van der Waals surface area contributed by atoms with Gasteiger partial charge in [-0.05, 0) is 43.0 Å². The molecule has 0 bridgehead atoms. The predicted octanol–water partition coefficient (Wildman–Crippen LogP) is 2.35. The van der Waals surface area contributed by atoms with E-state index in [1.165, 1.54) is 17.4 Å². The Morgan fingerprint density at radius 1 is 1.50 bits per heavy atom. The summed E-state index contributed by atoms with van der Waals surface area (Å²) >= 11 is 5.96. The number of nitrogens with one attached hydrogen (secondary N) is 1. The number of benzene rings is 1. The normalized spacial score (nSPS) is 20.7. The minimum atomic E-state index is -2.93. The number of halogens is 1. The van der Waals surface area contributed by atoms with Crippen molar-refractivity contribution in [3.05, 3.63) is 34.3 Å². The molecule has 18 heavy (non-hydrogen) atoms. The average molecular weight is 288 g/mol. The number of sulfone groups is 1. The van der Waals surface area contributed by atoms with Crippen LogP contribution in [-0.4, -0.2) is 26.5 Å². The van der Waals surface area contributed by atoms with Crippen molar-refractivity contribution in [2.45, 2.75) is 31.8 Å². The summed E-state index contributed by atoms with van der Waals surface area (Å²) in [6.45, 7) is 1.91. The van der Waals surface area contributed by atoms with Crippen LogP contribution in [0.15, 0.2) is 18.2 Å². The van der Waals surface area contributed by atoms with E-state index in [2.05, 4.69) is 5.32 Å². The second-order valence-electron chi connectivity index (χ2n) is 5.09. The molecule has 100 valence electrons. The van der Waals surface area contributed by atoms with E-state index in [1.54, 1.807) is 0 Å². The zero-order valence-corrected chi connectivity index (χ0v) is 12.2. The van der Waals surface area contributed by atoms with Crippen LogP contribution >= 0.6 is 11.6 Å². The molecule has 0 radical (unpaired) electrons. The van der Waals surface area contributed by atoms with Crippen molar-refractivity contribution in [1.29, 1.82) is 0 Å². The number of fused-ring (bicyclic) bond motifs is 1. The summed E-state index contributed by atoms with van der Waals surface area (Å²) in [5, 5.41) is 4.15. The lowest BCUT2D eigenvalue weighted by Gasteiger charge is -2.19. The molecule has 0 heterocycles. The number of aryl methyl sites for hydroxylation is 1. The molecule has 2 rings (SSSR count). The molecule has 0 saturated heterocycles. The molecule has 0 aliphatic heterocycles. The summed E-state index contributed by atoms with van der Waals surface area (Å²) in [6, 6.07) is 6.14. The fourth-order valence-electron chi connectivity index (χ4n) is 2.60. The zero-order valence-electron chi connectivity index (χ0n) is 10.6. The van der Waals surface area contributed by atoms with Crippen LogP contribution in [0.5, 0.6) is 0 Å². The highest BCUT2D eigenvalue weighted by atomic mass is 35.5. The van der Waals surface area contributed by atoms with Gasteiger partial charge in [-0.3, -0.25) is 0 Å². The van der Waals surface area contributed by atoms with E-state index < -0.39 is 9.84 Å². The van der Waals surface area contributed by atoms with Crippen LogP contribution in [0, 0.1) is 0 Å². The molecule has 0 spiro atoms. The molecule has 0 fully saturated rings. The van der Waals surface area contributed by atoms with Crippen molar-refractivity contribution in [3.63, 3.8) is 0 Å². The maximum Gasteiger partial charge on any atom is 0.148 e. The van der Waals surface area contributed by atoms with E-state index >= 15 is 0 Å². The van der Waals surface area contributed by atoms with Crippen molar-refractivity contribution >= 4 is 21.4 Å². The number of hydrogen-bond donors (Lipinski definition) is 1. The molecule has 0 amide bonds. The molecule has 5 heteroatoms. The first kappa shape index (κ1) is 13.8. The largest absolute Gasteiger partial charge is 0.306 e. The summed E-state index contributed by atoms with van der Waals surface area (Å²) in [5.41, 5.74) is 2.52. The zero-order chi connectivity index (χ0) is 13.3. The van der Waals surface area contributed by atoms with Crippen molar-refractivity contribution < 1.29 is 8.42 Å². The van der Waals surface area contributed by atoms with E-state index in [1.807, 2.05) is 25.1 Å². The lowest BCUT2D eigenvalue weighted by molar-refractivity contribution is 0.472. The van der Waals surface area contributed by atoms with Gasteiger partial charge >= 0.3 is 0 Å². The molecule has 3 nitrogen and oxygen atoms in total. The minimum absolute atomic E-state index is 0.0355. The molecule has 0 aromatic heterocycles. The number of rotatable bonds is 4. The Labute approximate surface area is 113 Å². The SMILES string of the molecule is CC(CS(C)(=O)=O)NC1CCc2cc(Cl)ccc21. The lowest BCUT2D eigenvalue weighted by Crippen LogP contribution is -2.34. The molecule has 1 N–H and O–H groups in total. The highest BCUT2D eigenvalue weighted by Gasteiger charge is 2.24. The Balaban J connectivity index is 2.06. The maximum absolute atomic E-state index is 11.2. The quantitative estimate of drug-likeness (QED) is 0.925. The van der Waals surface area contributed by atoms with E-state index in [0.717, 1.165) is 17.9 Å². The molecule has 1 aromatic rings. The molecule has 0 saturated carbocycles. The third-order valence-corrected chi connectivity index (χ3v) is 4.56. The van der Waals surface area contributed by atoms with E-state index in [0.29, 0.717) is 0 Å². The van der Waals surface area contributed by atoms with Gasteiger partial charge in [0, 0.05) is 23.4 Å². The standard InChI is InChI=1S/C13H18ClNO2S/c1-9(8-18(2,16)17)15-13-6-3-10-7-11(14)4-5-12(10)13/h4-5,7,9,13,15H,3,6,8H2,1-2H3. The monoisotopic (exact) mass is 287 g/mol. The fraction of sp³-hybridized carbons (Fsp3) is 0.538. The number of hydrogen-bond acceptors (Lipinski definition) is 3. The van der Waals surface area contributed by atoms with Gasteiger partial charge in [0.05, 0.1) is 5.75 Å². The van der Waals surface area contributed by atoms with Gasteiger partial charge in [-0.25, -0.2) is 8.42 Å². The third kappa shape index (κ3) is 3.46. The van der Waals surface area contributed by atoms with Crippen molar-refractivity contribution in [2.75, 3.05) is 12.0 Å². The van der Waals surface area contributed by atoms with Gasteiger partial charge in [0.2, 0.25) is 0 Å². The second-order valence-corrected chi connectivity index (χ2v) is 7.72. The maximum atomic E-state index is 11.2. The highest BCUT2D eigenvalue weighted by Crippen LogP contribution is 2.33. The fourth-order valence-corrected chi connectivity index (χ4v) is 3.80. The van der Waals surface area contributed by atoms with Crippen LogP contribution in [-0.2, 0) is 16.3 Å². The van der Waals surface area contributed by atoms with Gasteiger partial charge in [0.1, 0.15) is 9.84 Å². The first-order chi connectivity index (χ1) is 8.35. The van der Waals surface area contributed by atoms with E-state index in [9.17, 15) is 8.42 Å². The first-order valence-corrected chi connectivity index (χ1v) is 8.51. The Morgan fingerprint density at radius 3 is 2.89 bits per heavy atom. The van der Waals surface area contributed by atoms with Crippen LogP contribution in [0.25, 0.3) is 0 Å². The molecule has 1 aromatic carbocycles. The molecule has 2 unspecified atom stereocenters. The van der Waals surface area contributed by atoms with Crippen LogP contribution < -0.4 is 5.32 Å². The van der Waals surface area contributed by atoms with Crippen LogP contribution in [0.1, 0.15) is 30.5 Å². The van der Waals surface area contributed by atoms with Crippen molar-refractivity contribution in [3.8, 4) is 0 Å². The topological polar surface area (TPSA) is 46.2 Å². The summed E-state index contributed by atoms with van der Waals surface area (Å²) in [7, 11) is -2.93. The van der Waals surface area contributed by atoms with Gasteiger partial charge in [0.15, 0.2) is 0 Å². The summed E-state index contributed by atoms with van der Waals surface area (Å²) in [5.74, 6) is 0.173. The minimum Gasteiger partial charge on any atom is -0.306 e. The Bertz CT molecular complexity index is 542. The Morgan fingerprint density at radius 2 is 2.22 bits per heavy atom. The van der Waals surface area contributed by atoms with Gasteiger partial charge in [0.25, 0.3) is 0 Å². The first-order valence-electron chi connectivity index (χ1n) is 6.07. The van der Waals surface area contributed by atoms with Crippen LogP contribution in [0.3, 0.4) is 0 Å². The Hall–Kier alpha value is -0.580. The third-order valence-electron chi connectivity index (χ3n) is 3.22. The molecular weight excluding hydrogens is 270 g/mol. The van der Waals surface area contributed by atoms with Gasteiger partial charge < -0.3 is 5.32 Å². The Kier molecular flexibility index (Phi) is 3.99. The molecule has 1 aliphatic rings. The summed E-state index contributed by atoms with van der Waals surface area (Å²) in [4.78, 5) is 0. The predicted molar refractivity (Wildman–Crippen MR) is 74.8 cm³/mol. The van der Waals surface area contributed by atoms with Crippen LogP contribution in [0.4, 0.5) is 0 Å². The van der Waals surface area contributed by atoms with E-state index in [-0.39, 0.29) is 17.8 Å². The van der Waals surface area contributed by atoms with Crippen LogP contribution in [0.2, 0.25) is 5.02 Å². The van der Waals surface area contributed by atoms with Gasteiger partial charge in [-0.2, -0.15) is 0 Å². The average Bonchev–Trinajstić information content (AvgIpc) is 2.57. The smallest absolute Gasteiger partial charge is 0.148 e. The van der Waals surface area contributed by atoms with Crippen molar-refractivity contribution in [1.82, 2.24) is 5.32 Å². The van der Waals surface area contributed by atoms with E-state index in [4.69, 9.17) is 11.6 Å². The summed E-state index contributed by atoms with van der Waals surface area (Å²) in [6.07, 6.45) is 3.27. The lowest BCUT2D eigenvalue weighted by atomic mass is 10.1. The second kappa shape index (κ2) is 5.19.